The monoisotopic (exact) mass is 401 g/mol. The Balaban J connectivity index is 1.79. The van der Waals surface area contributed by atoms with Crippen molar-refractivity contribution in [2.24, 2.45) is 0 Å². The highest BCUT2D eigenvalue weighted by molar-refractivity contribution is 7.13. The van der Waals surface area contributed by atoms with Crippen LogP contribution in [0.2, 0.25) is 0 Å². The molecule has 0 bridgehead atoms. The highest BCUT2D eigenvalue weighted by Gasteiger charge is 2.19. The zero-order valence-corrected chi connectivity index (χ0v) is 16.3. The Labute approximate surface area is 165 Å². The predicted molar refractivity (Wildman–Crippen MR) is 105 cm³/mol. The number of halogens is 1. The first-order chi connectivity index (χ1) is 13.4. The molecule has 9 heteroatoms. The summed E-state index contributed by atoms with van der Waals surface area (Å²) in [6.07, 6.45) is 0.159. The first kappa shape index (κ1) is 19.7. The lowest BCUT2D eigenvalue weighted by Crippen LogP contribution is -2.34. The second-order valence-electron chi connectivity index (χ2n) is 6.36. The lowest BCUT2D eigenvalue weighted by molar-refractivity contribution is -0.121. The number of nitrogens with zero attached hydrogens (tertiary/aromatic N) is 3. The maximum atomic E-state index is 13.6. The third kappa shape index (κ3) is 4.80. The fourth-order valence-corrected chi connectivity index (χ4v) is 3.22. The summed E-state index contributed by atoms with van der Waals surface area (Å²) >= 11 is 1.44. The van der Waals surface area contributed by atoms with Crippen molar-refractivity contribution in [2.75, 3.05) is 6.54 Å². The van der Waals surface area contributed by atoms with Crippen molar-refractivity contribution in [1.29, 1.82) is 0 Å². The molecule has 2 N–H and O–H groups in total. The number of carbonyl (C=O) groups is 2. The lowest BCUT2D eigenvalue weighted by Gasteiger charge is -2.08. The molecule has 0 unspecified atom stereocenters. The van der Waals surface area contributed by atoms with Crippen LogP contribution in [-0.2, 0) is 4.79 Å². The maximum absolute atomic E-state index is 13.6. The van der Waals surface area contributed by atoms with Crippen LogP contribution in [0.3, 0.4) is 0 Å². The number of nitrogens with one attached hydrogen (secondary N) is 2. The van der Waals surface area contributed by atoms with Crippen LogP contribution >= 0.6 is 11.3 Å². The van der Waals surface area contributed by atoms with E-state index in [1.165, 1.54) is 28.2 Å². The largest absolute Gasteiger partial charge is 0.354 e. The Morgan fingerprint density at radius 1 is 1.25 bits per heavy atom. The normalized spacial score (nSPS) is 10.9. The van der Waals surface area contributed by atoms with E-state index in [0.717, 1.165) is 4.88 Å². The Bertz CT molecular complexity index is 969. The first-order valence-electron chi connectivity index (χ1n) is 8.78. The van der Waals surface area contributed by atoms with Gasteiger partial charge in [-0.1, -0.05) is 12.1 Å². The first-order valence-corrected chi connectivity index (χ1v) is 9.66. The molecule has 2 aromatic heterocycles. The van der Waals surface area contributed by atoms with E-state index in [9.17, 15) is 14.0 Å². The van der Waals surface area contributed by atoms with Crippen LogP contribution in [0, 0.1) is 5.82 Å². The van der Waals surface area contributed by atoms with Crippen LogP contribution in [0.15, 0.2) is 41.8 Å². The van der Waals surface area contributed by atoms with Gasteiger partial charge in [-0.05, 0) is 43.5 Å². The van der Waals surface area contributed by atoms with Gasteiger partial charge in [0.25, 0.3) is 5.91 Å². The summed E-state index contributed by atoms with van der Waals surface area (Å²) in [6.45, 7) is 3.90. The van der Waals surface area contributed by atoms with Crippen LogP contribution in [0.5, 0.6) is 0 Å². The Morgan fingerprint density at radius 2 is 2.07 bits per heavy atom. The van der Waals surface area contributed by atoms with E-state index in [-0.39, 0.29) is 30.7 Å². The van der Waals surface area contributed by atoms with E-state index in [4.69, 9.17) is 0 Å². The Kier molecular flexibility index (Phi) is 6.15. The van der Waals surface area contributed by atoms with E-state index in [0.29, 0.717) is 11.5 Å². The molecule has 0 aliphatic heterocycles. The second kappa shape index (κ2) is 8.75. The maximum Gasteiger partial charge on any atom is 0.291 e. The molecule has 3 aromatic rings. The molecule has 146 valence electrons. The van der Waals surface area contributed by atoms with E-state index in [1.807, 2.05) is 31.4 Å². The summed E-state index contributed by atoms with van der Waals surface area (Å²) in [7, 11) is 0. The van der Waals surface area contributed by atoms with Crippen molar-refractivity contribution < 1.29 is 14.0 Å². The zero-order chi connectivity index (χ0) is 20.1. The number of hydrogen-bond acceptors (Lipinski definition) is 5. The van der Waals surface area contributed by atoms with Crippen molar-refractivity contribution in [1.82, 2.24) is 25.4 Å². The Hall–Kier alpha value is -3.07. The number of thiophene rings is 1. The summed E-state index contributed by atoms with van der Waals surface area (Å²) in [5.74, 6) is -0.648. The molecule has 0 atom stereocenters. The van der Waals surface area contributed by atoms with E-state index in [2.05, 4.69) is 20.7 Å². The molecule has 0 spiro atoms. The van der Waals surface area contributed by atoms with Gasteiger partial charge in [0, 0.05) is 19.0 Å². The predicted octanol–water partition coefficient (Wildman–Crippen LogP) is 2.78. The van der Waals surface area contributed by atoms with Crippen molar-refractivity contribution >= 4 is 23.2 Å². The molecule has 0 aliphatic rings. The van der Waals surface area contributed by atoms with Crippen molar-refractivity contribution in [3.05, 3.63) is 53.4 Å². The number of rotatable bonds is 7. The van der Waals surface area contributed by atoms with Crippen molar-refractivity contribution in [3.63, 3.8) is 0 Å². The highest BCUT2D eigenvalue weighted by Crippen LogP contribution is 2.25. The van der Waals surface area contributed by atoms with Gasteiger partial charge in [0.1, 0.15) is 5.82 Å². The molecular formula is C19H20FN5O2S. The third-order valence-corrected chi connectivity index (χ3v) is 4.56. The average molecular weight is 401 g/mol. The molecular weight excluding hydrogens is 381 g/mol. The van der Waals surface area contributed by atoms with Crippen LogP contribution in [0.1, 0.15) is 30.9 Å². The SMILES string of the molecule is CC(C)NC(=O)CCNC(=O)c1nc(-c2cccs2)n(-c2cccc(F)c2)n1. The quantitative estimate of drug-likeness (QED) is 0.637. The molecule has 0 fully saturated rings. The highest BCUT2D eigenvalue weighted by atomic mass is 32.1. The zero-order valence-electron chi connectivity index (χ0n) is 15.5. The van der Waals surface area contributed by atoms with Gasteiger partial charge < -0.3 is 10.6 Å². The van der Waals surface area contributed by atoms with Gasteiger partial charge in [0.15, 0.2) is 5.82 Å². The van der Waals surface area contributed by atoms with Gasteiger partial charge in [-0.2, -0.15) is 0 Å². The van der Waals surface area contributed by atoms with E-state index >= 15 is 0 Å². The molecule has 7 nitrogen and oxygen atoms in total. The van der Waals surface area contributed by atoms with Crippen molar-refractivity contribution in [3.8, 4) is 16.4 Å². The van der Waals surface area contributed by atoms with E-state index in [1.54, 1.807) is 12.1 Å². The topological polar surface area (TPSA) is 88.9 Å². The van der Waals surface area contributed by atoms with Crippen LogP contribution < -0.4 is 10.6 Å². The standard InChI is InChI=1S/C19H20FN5O2S/c1-12(2)22-16(26)8-9-21-19(27)17-23-18(15-7-4-10-28-15)25(24-17)14-6-3-5-13(20)11-14/h3-7,10-12H,8-9H2,1-2H3,(H,21,27)(H,22,26). The molecule has 0 saturated heterocycles. The molecule has 28 heavy (non-hydrogen) atoms. The average Bonchev–Trinajstić information content (AvgIpc) is 3.30. The van der Waals surface area contributed by atoms with Crippen molar-refractivity contribution in [2.45, 2.75) is 26.3 Å². The molecule has 2 amide bonds. The van der Waals surface area contributed by atoms with Crippen LogP contribution in [-0.4, -0.2) is 39.2 Å². The Morgan fingerprint density at radius 3 is 2.75 bits per heavy atom. The van der Waals surface area contributed by atoms with Gasteiger partial charge >= 0.3 is 0 Å². The van der Waals surface area contributed by atoms with Crippen LogP contribution in [0.25, 0.3) is 16.4 Å². The third-order valence-electron chi connectivity index (χ3n) is 3.69. The smallest absolute Gasteiger partial charge is 0.291 e. The lowest BCUT2D eigenvalue weighted by atomic mass is 10.3. The minimum atomic E-state index is -0.495. The summed E-state index contributed by atoms with van der Waals surface area (Å²) in [4.78, 5) is 29.2. The summed E-state index contributed by atoms with van der Waals surface area (Å²) < 4.78 is 15.1. The van der Waals surface area contributed by atoms with Gasteiger partial charge in [-0.3, -0.25) is 9.59 Å². The van der Waals surface area contributed by atoms with Crippen LogP contribution in [0.4, 0.5) is 4.39 Å². The minimum absolute atomic E-state index is 0.0418. The molecule has 0 radical (unpaired) electrons. The summed E-state index contributed by atoms with van der Waals surface area (Å²) in [5, 5.41) is 11.5. The number of amides is 2. The molecule has 3 rings (SSSR count). The van der Waals surface area contributed by atoms with Gasteiger partial charge in [-0.25, -0.2) is 14.1 Å². The number of aromatic nitrogens is 3. The molecule has 1 aromatic carbocycles. The second-order valence-corrected chi connectivity index (χ2v) is 7.30. The number of hydrogen-bond donors (Lipinski definition) is 2. The molecule has 0 aliphatic carbocycles. The summed E-state index contributed by atoms with van der Waals surface area (Å²) in [6, 6.07) is 9.66. The van der Waals surface area contributed by atoms with E-state index < -0.39 is 11.7 Å². The van der Waals surface area contributed by atoms with Gasteiger partial charge in [0.2, 0.25) is 11.7 Å². The van der Waals surface area contributed by atoms with Gasteiger partial charge in [0.05, 0.1) is 10.6 Å². The minimum Gasteiger partial charge on any atom is -0.354 e. The van der Waals surface area contributed by atoms with Gasteiger partial charge in [-0.15, -0.1) is 16.4 Å². The fourth-order valence-electron chi connectivity index (χ4n) is 2.52. The fraction of sp³-hybridized carbons (Fsp3) is 0.263. The number of benzene rings is 1. The molecule has 2 heterocycles. The number of carbonyl (C=O) groups excluding carboxylic acids is 2. The molecule has 0 saturated carbocycles. The summed E-state index contributed by atoms with van der Waals surface area (Å²) in [5.41, 5.74) is 0.464.